The van der Waals surface area contributed by atoms with Crippen LogP contribution in [0.25, 0.3) is 0 Å². The van der Waals surface area contributed by atoms with Crippen LogP contribution < -0.4 is 5.73 Å². The van der Waals surface area contributed by atoms with E-state index in [1.165, 1.54) is 5.56 Å². The molecule has 1 aromatic rings. The van der Waals surface area contributed by atoms with Gasteiger partial charge in [-0.3, -0.25) is 9.58 Å². The second-order valence-electron chi connectivity index (χ2n) is 5.22. The molecule has 0 radical (unpaired) electrons. The molecule has 104 valence electrons. The van der Waals surface area contributed by atoms with Crippen LogP contribution in [0.2, 0.25) is 0 Å². The molecule has 18 heavy (non-hydrogen) atoms. The molecular weight excluding hydrogens is 224 g/mol. The molecule has 0 aliphatic rings. The Labute approximate surface area is 111 Å². The summed E-state index contributed by atoms with van der Waals surface area (Å²) in [5.74, 6) is 0. The van der Waals surface area contributed by atoms with E-state index in [1.54, 1.807) is 0 Å². The van der Waals surface area contributed by atoms with Crippen molar-refractivity contribution in [2.24, 2.45) is 12.8 Å². The third-order valence-electron chi connectivity index (χ3n) is 4.21. The molecule has 0 fully saturated rings. The molecule has 0 spiro atoms. The number of aromatic nitrogens is 2. The maximum Gasteiger partial charge on any atom is 0.0522 e. The predicted octanol–water partition coefficient (Wildman–Crippen LogP) is 1.80. The van der Waals surface area contributed by atoms with Crippen molar-refractivity contribution < 1.29 is 0 Å². The van der Waals surface area contributed by atoms with E-state index < -0.39 is 0 Å². The van der Waals surface area contributed by atoms with Crippen molar-refractivity contribution in [3.63, 3.8) is 0 Å². The summed E-state index contributed by atoms with van der Waals surface area (Å²) in [4.78, 5) is 2.47. The van der Waals surface area contributed by atoms with Crippen molar-refractivity contribution in [1.82, 2.24) is 14.7 Å². The summed E-state index contributed by atoms with van der Waals surface area (Å²) in [6.45, 7) is 11.0. The summed E-state index contributed by atoms with van der Waals surface area (Å²) in [6, 6.07) is 0.131. The highest BCUT2D eigenvalue weighted by atomic mass is 15.2. The molecule has 0 aromatic carbocycles. The van der Waals surface area contributed by atoms with Crippen LogP contribution in [0.5, 0.6) is 0 Å². The van der Waals surface area contributed by atoms with Gasteiger partial charge in [0.1, 0.15) is 0 Å². The molecular formula is C14H28N4. The number of rotatable bonds is 7. The van der Waals surface area contributed by atoms with E-state index in [1.807, 2.05) is 17.9 Å². The van der Waals surface area contributed by atoms with Crippen molar-refractivity contribution in [3.05, 3.63) is 18.0 Å². The van der Waals surface area contributed by atoms with Crippen LogP contribution in [-0.2, 0) is 13.5 Å². The summed E-state index contributed by atoms with van der Waals surface area (Å²) < 4.78 is 1.84. The monoisotopic (exact) mass is 252 g/mol. The van der Waals surface area contributed by atoms with Gasteiger partial charge in [-0.15, -0.1) is 0 Å². The zero-order chi connectivity index (χ0) is 13.8. The standard InChI is InChI=1S/C14H28N4/c1-6-14(4,18(7-2)8-3)13(15)9-12-10-16-17(5)11-12/h10-11,13H,6-9,15H2,1-5H3. The third-order valence-corrected chi connectivity index (χ3v) is 4.21. The Kier molecular flexibility index (Phi) is 5.35. The average molecular weight is 252 g/mol. The maximum absolute atomic E-state index is 6.48. The van der Waals surface area contributed by atoms with E-state index in [4.69, 9.17) is 5.73 Å². The molecule has 2 atom stereocenters. The summed E-state index contributed by atoms with van der Waals surface area (Å²) in [6.07, 6.45) is 5.92. The van der Waals surface area contributed by atoms with Gasteiger partial charge in [0.15, 0.2) is 0 Å². The highest BCUT2D eigenvalue weighted by Gasteiger charge is 2.34. The van der Waals surface area contributed by atoms with Gasteiger partial charge in [-0.1, -0.05) is 20.8 Å². The lowest BCUT2D eigenvalue weighted by Gasteiger charge is -2.44. The molecule has 0 saturated carbocycles. The quantitative estimate of drug-likeness (QED) is 0.805. The van der Waals surface area contributed by atoms with Crippen LogP contribution in [-0.4, -0.2) is 39.4 Å². The third kappa shape index (κ3) is 3.12. The lowest BCUT2D eigenvalue weighted by molar-refractivity contribution is 0.0845. The van der Waals surface area contributed by atoms with E-state index in [0.717, 1.165) is 25.9 Å². The topological polar surface area (TPSA) is 47.1 Å². The molecule has 2 unspecified atom stereocenters. The first-order chi connectivity index (χ1) is 8.47. The normalized spacial score (nSPS) is 16.8. The van der Waals surface area contributed by atoms with Crippen molar-refractivity contribution in [3.8, 4) is 0 Å². The van der Waals surface area contributed by atoms with Crippen molar-refractivity contribution in [2.45, 2.75) is 52.1 Å². The lowest BCUT2D eigenvalue weighted by Crippen LogP contribution is -2.58. The highest BCUT2D eigenvalue weighted by molar-refractivity contribution is 5.09. The van der Waals surface area contributed by atoms with Gasteiger partial charge in [-0.05, 0) is 38.4 Å². The Hall–Kier alpha value is -0.870. The first kappa shape index (κ1) is 15.2. The number of aryl methyl sites for hydroxylation is 1. The first-order valence-corrected chi connectivity index (χ1v) is 6.96. The zero-order valence-corrected chi connectivity index (χ0v) is 12.5. The van der Waals surface area contributed by atoms with Crippen molar-refractivity contribution in [1.29, 1.82) is 0 Å². The largest absolute Gasteiger partial charge is 0.326 e. The number of nitrogens with zero attached hydrogens (tertiary/aromatic N) is 3. The summed E-state index contributed by atoms with van der Waals surface area (Å²) in [5.41, 5.74) is 7.75. The molecule has 0 saturated heterocycles. The molecule has 0 amide bonds. The molecule has 1 heterocycles. The van der Waals surface area contributed by atoms with E-state index in [-0.39, 0.29) is 11.6 Å². The zero-order valence-electron chi connectivity index (χ0n) is 12.5. The van der Waals surface area contributed by atoms with Crippen LogP contribution in [0, 0.1) is 0 Å². The number of nitrogens with two attached hydrogens (primary N) is 1. The van der Waals surface area contributed by atoms with Crippen LogP contribution in [0.1, 0.15) is 39.7 Å². The second kappa shape index (κ2) is 6.34. The average Bonchev–Trinajstić information content (AvgIpc) is 2.75. The van der Waals surface area contributed by atoms with Crippen LogP contribution in [0.4, 0.5) is 0 Å². The SMILES string of the molecule is CCN(CC)C(C)(CC)C(N)Cc1cnn(C)c1. The molecule has 0 bridgehead atoms. The van der Waals surface area contributed by atoms with Crippen LogP contribution in [0.3, 0.4) is 0 Å². The minimum absolute atomic E-state index is 0.0549. The fourth-order valence-electron chi connectivity index (χ4n) is 2.72. The van der Waals surface area contributed by atoms with E-state index in [2.05, 4.69) is 43.9 Å². The van der Waals surface area contributed by atoms with Crippen molar-refractivity contribution in [2.75, 3.05) is 13.1 Å². The summed E-state index contributed by atoms with van der Waals surface area (Å²) >= 11 is 0. The Morgan fingerprint density at radius 1 is 1.39 bits per heavy atom. The molecule has 1 rings (SSSR count). The first-order valence-electron chi connectivity index (χ1n) is 6.96. The maximum atomic E-state index is 6.48. The minimum atomic E-state index is 0.0549. The van der Waals surface area contributed by atoms with E-state index in [0.29, 0.717) is 0 Å². The Morgan fingerprint density at radius 3 is 2.39 bits per heavy atom. The molecule has 0 aliphatic carbocycles. The molecule has 4 heteroatoms. The number of hydrogen-bond acceptors (Lipinski definition) is 3. The lowest BCUT2D eigenvalue weighted by atomic mass is 9.84. The van der Waals surface area contributed by atoms with E-state index in [9.17, 15) is 0 Å². The number of hydrogen-bond donors (Lipinski definition) is 1. The molecule has 1 aromatic heterocycles. The second-order valence-corrected chi connectivity index (χ2v) is 5.22. The summed E-state index contributed by atoms with van der Waals surface area (Å²) in [5, 5.41) is 4.21. The highest BCUT2D eigenvalue weighted by Crippen LogP contribution is 2.24. The van der Waals surface area contributed by atoms with Gasteiger partial charge in [-0.2, -0.15) is 5.10 Å². The number of likely N-dealkylation sites (N-methyl/N-ethyl adjacent to an activating group) is 1. The minimum Gasteiger partial charge on any atom is -0.326 e. The van der Waals surface area contributed by atoms with Crippen LogP contribution >= 0.6 is 0 Å². The fourth-order valence-corrected chi connectivity index (χ4v) is 2.72. The van der Waals surface area contributed by atoms with Crippen LogP contribution in [0.15, 0.2) is 12.4 Å². The van der Waals surface area contributed by atoms with E-state index >= 15 is 0 Å². The van der Waals surface area contributed by atoms with Gasteiger partial charge in [0.2, 0.25) is 0 Å². The van der Waals surface area contributed by atoms with Gasteiger partial charge in [0.25, 0.3) is 0 Å². The Balaban J connectivity index is 2.80. The van der Waals surface area contributed by atoms with Gasteiger partial charge in [-0.25, -0.2) is 0 Å². The Morgan fingerprint density at radius 2 is 2.00 bits per heavy atom. The smallest absolute Gasteiger partial charge is 0.0522 e. The summed E-state index contributed by atoms with van der Waals surface area (Å²) in [7, 11) is 1.94. The van der Waals surface area contributed by atoms with Gasteiger partial charge in [0, 0.05) is 24.8 Å². The molecule has 2 N–H and O–H groups in total. The molecule has 4 nitrogen and oxygen atoms in total. The van der Waals surface area contributed by atoms with Gasteiger partial charge < -0.3 is 5.73 Å². The molecule has 0 aliphatic heterocycles. The predicted molar refractivity (Wildman–Crippen MR) is 76.5 cm³/mol. The van der Waals surface area contributed by atoms with Gasteiger partial charge >= 0.3 is 0 Å². The Bertz CT molecular complexity index is 356. The fraction of sp³-hybridized carbons (Fsp3) is 0.786. The van der Waals surface area contributed by atoms with Gasteiger partial charge in [0.05, 0.1) is 6.20 Å². The van der Waals surface area contributed by atoms with Crippen molar-refractivity contribution >= 4 is 0 Å².